The highest BCUT2D eigenvalue weighted by molar-refractivity contribution is 6.02. The molecule has 0 saturated heterocycles. The summed E-state index contributed by atoms with van der Waals surface area (Å²) in [4.78, 5) is 0. The maximum atomic E-state index is 13.3. The highest BCUT2D eigenvalue weighted by atomic mass is 19.2. The fourth-order valence-corrected chi connectivity index (χ4v) is 1.77. The van der Waals surface area contributed by atoms with E-state index >= 15 is 0 Å². The van der Waals surface area contributed by atoms with Crippen molar-refractivity contribution < 1.29 is 8.78 Å². The lowest BCUT2D eigenvalue weighted by molar-refractivity contribution is 0.509. The smallest absolute Gasteiger partial charge is 0.168 e. The Morgan fingerprint density at radius 1 is 0.929 bits per heavy atom. The molecule has 0 bridgehead atoms. The van der Waals surface area contributed by atoms with Gasteiger partial charge < -0.3 is 0 Å². The lowest BCUT2D eigenvalue weighted by Crippen LogP contribution is -2.03. The van der Waals surface area contributed by atoms with Crippen LogP contribution in [0.3, 0.4) is 0 Å². The quantitative estimate of drug-likeness (QED) is 0.505. The van der Waals surface area contributed by atoms with Crippen molar-refractivity contribution >= 4 is 0 Å². The molecule has 1 aliphatic rings. The van der Waals surface area contributed by atoms with Crippen LogP contribution >= 0.6 is 0 Å². The van der Waals surface area contributed by atoms with Gasteiger partial charge in [-0.25, -0.2) is 8.78 Å². The minimum absolute atomic E-state index is 0.330. The fraction of sp³-hybridized carbons (Fsp3) is 0. The molecule has 3 rings (SSSR count). The van der Waals surface area contributed by atoms with E-state index in [4.69, 9.17) is 0 Å². The van der Waals surface area contributed by atoms with Crippen molar-refractivity contribution in [3.63, 3.8) is 0 Å². The normalized spacial score (nSPS) is 11.6. The summed E-state index contributed by atoms with van der Waals surface area (Å²) in [6.45, 7) is 0. The van der Waals surface area contributed by atoms with Crippen molar-refractivity contribution in [2.45, 2.75) is 0 Å². The lowest BCUT2D eigenvalue weighted by atomic mass is 9.80. The number of hydrogen-bond donors (Lipinski definition) is 0. The summed E-state index contributed by atoms with van der Waals surface area (Å²) < 4.78 is 26.1. The standard InChI is InChI=1S/C12H4F2/c13-10-6-5-9-7-3-1-2-4-8(7)11(9)12(10)14/h1-4H. The predicted octanol–water partition coefficient (Wildman–Crippen LogP) is 3.21. The predicted molar refractivity (Wildman–Crippen MR) is 48.5 cm³/mol. The van der Waals surface area contributed by atoms with Gasteiger partial charge in [0, 0.05) is 23.3 Å². The molecule has 1 aliphatic carbocycles. The first-order valence-corrected chi connectivity index (χ1v) is 4.21. The Balaban J connectivity index is 2.34. The SMILES string of the molecule is Fc1[c][c]c2c(c1F)-c1ccccc1-2. The van der Waals surface area contributed by atoms with E-state index in [0.29, 0.717) is 11.1 Å². The zero-order valence-electron chi connectivity index (χ0n) is 7.07. The molecule has 2 aromatic carbocycles. The zero-order valence-corrected chi connectivity index (χ0v) is 7.07. The van der Waals surface area contributed by atoms with Crippen molar-refractivity contribution in [3.8, 4) is 22.3 Å². The van der Waals surface area contributed by atoms with Crippen LogP contribution in [0.4, 0.5) is 8.78 Å². The molecule has 0 aromatic heterocycles. The van der Waals surface area contributed by atoms with Gasteiger partial charge in [0.2, 0.25) is 0 Å². The van der Waals surface area contributed by atoms with Crippen molar-refractivity contribution in [2.24, 2.45) is 0 Å². The van der Waals surface area contributed by atoms with Gasteiger partial charge in [-0.15, -0.1) is 0 Å². The van der Waals surface area contributed by atoms with Gasteiger partial charge >= 0.3 is 0 Å². The summed E-state index contributed by atoms with van der Waals surface area (Å²) in [6, 6.07) is 12.0. The first kappa shape index (κ1) is 7.68. The second-order valence-electron chi connectivity index (χ2n) is 3.17. The van der Waals surface area contributed by atoms with E-state index in [-0.39, 0.29) is 0 Å². The molecule has 66 valence electrons. The van der Waals surface area contributed by atoms with Crippen LogP contribution in [0, 0.1) is 23.8 Å². The van der Waals surface area contributed by atoms with E-state index in [1.54, 1.807) is 12.1 Å². The highest BCUT2D eigenvalue weighted by Crippen LogP contribution is 2.47. The molecule has 2 radical (unpaired) electrons. The van der Waals surface area contributed by atoms with Crippen LogP contribution in [0.2, 0.25) is 0 Å². The lowest BCUT2D eigenvalue weighted by Gasteiger charge is -2.23. The summed E-state index contributed by atoms with van der Waals surface area (Å²) >= 11 is 0. The van der Waals surface area contributed by atoms with Crippen LogP contribution in [0.1, 0.15) is 0 Å². The molecule has 0 aliphatic heterocycles. The Hall–Kier alpha value is -1.70. The second-order valence-corrected chi connectivity index (χ2v) is 3.17. The van der Waals surface area contributed by atoms with Crippen LogP contribution in [-0.2, 0) is 0 Å². The van der Waals surface area contributed by atoms with Crippen molar-refractivity contribution in [1.82, 2.24) is 0 Å². The average molecular weight is 186 g/mol. The summed E-state index contributed by atoms with van der Waals surface area (Å²) in [6.07, 6.45) is 0. The highest BCUT2D eigenvalue weighted by Gasteiger charge is 2.27. The first-order valence-electron chi connectivity index (χ1n) is 4.21. The van der Waals surface area contributed by atoms with E-state index in [9.17, 15) is 8.78 Å². The zero-order chi connectivity index (χ0) is 9.71. The van der Waals surface area contributed by atoms with Gasteiger partial charge in [0.25, 0.3) is 0 Å². The van der Waals surface area contributed by atoms with Crippen LogP contribution < -0.4 is 0 Å². The third kappa shape index (κ3) is 0.757. The van der Waals surface area contributed by atoms with E-state index in [2.05, 4.69) is 12.1 Å². The van der Waals surface area contributed by atoms with Crippen LogP contribution in [-0.4, -0.2) is 0 Å². The van der Waals surface area contributed by atoms with Crippen LogP contribution in [0.15, 0.2) is 24.3 Å². The van der Waals surface area contributed by atoms with Crippen LogP contribution in [0.5, 0.6) is 0 Å². The fourth-order valence-electron chi connectivity index (χ4n) is 1.77. The molecular formula is C12H4F2. The number of halogens is 2. The maximum Gasteiger partial charge on any atom is 0.168 e. The summed E-state index contributed by atoms with van der Waals surface area (Å²) in [5, 5.41) is 0. The van der Waals surface area contributed by atoms with Gasteiger partial charge in [-0.05, 0) is 11.1 Å². The Kier molecular flexibility index (Phi) is 1.32. The second kappa shape index (κ2) is 2.41. The third-order valence-corrected chi connectivity index (χ3v) is 2.43. The molecule has 0 N–H and O–H groups in total. The molecule has 0 spiro atoms. The van der Waals surface area contributed by atoms with Gasteiger partial charge in [-0.1, -0.05) is 24.3 Å². The maximum absolute atomic E-state index is 13.3. The molecule has 14 heavy (non-hydrogen) atoms. The average Bonchev–Trinajstić information content (AvgIpc) is 2.18. The van der Waals surface area contributed by atoms with Gasteiger partial charge in [-0.2, -0.15) is 0 Å². The summed E-state index contributed by atoms with van der Waals surface area (Å²) in [5.41, 5.74) is 2.62. The van der Waals surface area contributed by atoms with Crippen molar-refractivity contribution in [2.75, 3.05) is 0 Å². The Bertz CT molecular complexity index is 530. The number of hydrogen-bond acceptors (Lipinski definition) is 0. The monoisotopic (exact) mass is 186 g/mol. The molecule has 0 heterocycles. The molecule has 2 aromatic rings. The molecule has 0 amide bonds. The number of rotatable bonds is 0. The van der Waals surface area contributed by atoms with E-state index in [0.717, 1.165) is 11.1 Å². The first-order chi connectivity index (χ1) is 6.79. The number of benzene rings is 2. The summed E-state index contributed by atoms with van der Waals surface area (Å²) in [5.74, 6) is -1.78. The van der Waals surface area contributed by atoms with Gasteiger partial charge in [0.15, 0.2) is 11.6 Å². The molecule has 0 atom stereocenters. The van der Waals surface area contributed by atoms with Crippen molar-refractivity contribution in [3.05, 3.63) is 48.0 Å². The minimum Gasteiger partial charge on any atom is -0.203 e. The third-order valence-electron chi connectivity index (χ3n) is 2.43. The number of fused-ring (bicyclic) bond motifs is 4. The topological polar surface area (TPSA) is 0 Å². The van der Waals surface area contributed by atoms with E-state index < -0.39 is 11.6 Å². The Morgan fingerprint density at radius 3 is 2.43 bits per heavy atom. The Labute approximate surface area is 79.8 Å². The van der Waals surface area contributed by atoms with Gasteiger partial charge in [0.1, 0.15) is 0 Å². The molecule has 2 heteroatoms. The van der Waals surface area contributed by atoms with Crippen LogP contribution in [0.25, 0.3) is 22.3 Å². The summed E-state index contributed by atoms with van der Waals surface area (Å²) in [7, 11) is 0. The van der Waals surface area contributed by atoms with Gasteiger partial charge in [-0.3, -0.25) is 0 Å². The molecule has 0 nitrogen and oxygen atoms in total. The van der Waals surface area contributed by atoms with Crippen molar-refractivity contribution in [1.29, 1.82) is 0 Å². The minimum atomic E-state index is -0.960. The van der Waals surface area contributed by atoms with Gasteiger partial charge in [0.05, 0.1) is 0 Å². The Morgan fingerprint density at radius 2 is 1.64 bits per heavy atom. The van der Waals surface area contributed by atoms with E-state index in [1.165, 1.54) is 0 Å². The molecule has 0 fully saturated rings. The molecule has 0 unspecified atom stereocenters. The molecular weight excluding hydrogens is 182 g/mol. The molecule has 0 saturated carbocycles. The van der Waals surface area contributed by atoms with E-state index in [1.807, 2.05) is 12.1 Å². The largest absolute Gasteiger partial charge is 0.203 e.